The molecule has 1 fully saturated rings. The van der Waals surface area contributed by atoms with Gasteiger partial charge in [-0.3, -0.25) is 4.79 Å². The first-order chi connectivity index (χ1) is 9.31. The molecule has 1 aromatic heterocycles. The molecule has 1 unspecified atom stereocenters. The number of hydrogen-bond acceptors (Lipinski definition) is 3. The van der Waals surface area contributed by atoms with Crippen molar-refractivity contribution in [2.45, 2.75) is 38.6 Å². The molecule has 0 aliphatic carbocycles. The van der Waals surface area contributed by atoms with Crippen LogP contribution in [0.15, 0.2) is 11.4 Å². The first kappa shape index (κ1) is 13.1. The van der Waals surface area contributed by atoms with E-state index < -0.39 is 0 Å². The SMILES string of the molecule is CCC1c2ccsc2CCN1C(=O)[C@@H]1CCCNC1. The molecule has 3 rings (SSSR count). The number of nitrogens with one attached hydrogen (secondary N) is 1. The van der Waals surface area contributed by atoms with Crippen molar-refractivity contribution < 1.29 is 4.79 Å². The van der Waals surface area contributed by atoms with Crippen LogP contribution in [0.2, 0.25) is 0 Å². The van der Waals surface area contributed by atoms with Gasteiger partial charge in [-0.05, 0) is 49.2 Å². The minimum Gasteiger partial charge on any atom is -0.335 e. The lowest BCUT2D eigenvalue weighted by Gasteiger charge is -2.38. The first-order valence-electron chi connectivity index (χ1n) is 7.38. The fourth-order valence-electron chi connectivity index (χ4n) is 3.40. The standard InChI is InChI=1S/C15H22N2OS/c1-2-13-12-6-9-19-14(12)5-8-17(13)15(18)11-4-3-7-16-10-11/h6,9,11,13,16H,2-5,7-8,10H2,1H3/t11-,13?/m1/s1. The molecule has 4 heteroatoms. The Morgan fingerprint density at radius 1 is 1.58 bits per heavy atom. The average Bonchev–Trinajstić information content (AvgIpc) is 2.94. The van der Waals surface area contributed by atoms with Crippen LogP contribution in [0, 0.1) is 5.92 Å². The Labute approximate surface area is 119 Å². The number of hydrogen-bond donors (Lipinski definition) is 1. The third-order valence-electron chi connectivity index (χ3n) is 4.41. The topological polar surface area (TPSA) is 32.3 Å². The summed E-state index contributed by atoms with van der Waals surface area (Å²) in [5.41, 5.74) is 1.40. The Morgan fingerprint density at radius 2 is 2.47 bits per heavy atom. The predicted molar refractivity (Wildman–Crippen MR) is 78.4 cm³/mol. The molecule has 2 aliphatic rings. The summed E-state index contributed by atoms with van der Waals surface area (Å²) >= 11 is 1.84. The van der Waals surface area contributed by atoms with E-state index in [1.54, 1.807) is 0 Å². The highest BCUT2D eigenvalue weighted by atomic mass is 32.1. The maximum absolute atomic E-state index is 12.7. The molecule has 3 nitrogen and oxygen atoms in total. The number of fused-ring (bicyclic) bond motifs is 1. The van der Waals surface area contributed by atoms with E-state index >= 15 is 0 Å². The van der Waals surface area contributed by atoms with Crippen molar-refractivity contribution in [1.82, 2.24) is 10.2 Å². The van der Waals surface area contributed by atoms with Gasteiger partial charge >= 0.3 is 0 Å². The third kappa shape index (κ3) is 2.43. The van der Waals surface area contributed by atoms with E-state index in [9.17, 15) is 4.79 Å². The minimum atomic E-state index is 0.197. The maximum Gasteiger partial charge on any atom is 0.227 e. The molecule has 1 aromatic rings. The third-order valence-corrected chi connectivity index (χ3v) is 5.41. The highest BCUT2D eigenvalue weighted by molar-refractivity contribution is 7.10. The van der Waals surface area contributed by atoms with Crippen molar-refractivity contribution in [3.05, 3.63) is 21.9 Å². The summed E-state index contributed by atoms with van der Waals surface area (Å²) in [4.78, 5) is 16.4. The van der Waals surface area contributed by atoms with E-state index in [0.717, 1.165) is 45.3 Å². The van der Waals surface area contributed by atoms with Gasteiger partial charge in [-0.15, -0.1) is 11.3 Å². The lowest BCUT2D eigenvalue weighted by molar-refractivity contribution is -0.139. The van der Waals surface area contributed by atoms with Gasteiger partial charge in [0.15, 0.2) is 0 Å². The van der Waals surface area contributed by atoms with Crippen LogP contribution in [0.3, 0.4) is 0 Å². The molecule has 3 heterocycles. The van der Waals surface area contributed by atoms with Crippen LogP contribution < -0.4 is 5.32 Å². The quantitative estimate of drug-likeness (QED) is 0.902. The summed E-state index contributed by atoms with van der Waals surface area (Å²) in [7, 11) is 0. The number of thiophene rings is 1. The highest BCUT2D eigenvalue weighted by Gasteiger charge is 2.34. The fraction of sp³-hybridized carbons (Fsp3) is 0.667. The zero-order chi connectivity index (χ0) is 13.2. The molecule has 2 aliphatic heterocycles. The molecule has 2 atom stereocenters. The van der Waals surface area contributed by atoms with Crippen LogP contribution in [-0.4, -0.2) is 30.4 Å². The monoisotopic (exact) mass is 278 g/mol. The van der Waals surface area contributed by atoms with Crippen LogP contribution in [-0.2, 0) is 11.2 Å². The van der Waals surface area contributed by atoms with Crippen LogP contribution in [0.25, 0.3) is 0 Å². The van der Waals surface area contributed by atoms with E-state index in [0.29, 0.717) is 11.9 Å². The van der Waals surface area contributed by atoms with Gasteiger partial charge in [0, 0.05) is 18.0 Å². The summed E-state index contributed by atoms with van der Waals surface area (Å²) in [6, 6.07) is 2.52. The predicted octanol–water partition coefficient (Wildman–Crippen LogP) is 2.58. The molecule has 0 spiro atoms. The normalized spacial score (nSPS) is 27.1. The van der Waals surface area contributed by atoms with E-state index in [1.807, 2.05) is 11.3 Å². The number of rotatable bonds is 2. The van der Waals surface area contributed by atoms with Crippen molar-refractivity contribution in [3.63, 3.8) is 0 Å². The molecule has 0 radical (unpaired) electrons. The van der Waals surface area contributed by atoms with Crippen molar-refractivity contribution in [2.75, 3.05) is 19.6 Å². The molecule has 0 saturated carbocycles. The van der Waals surface area contributed by atoms with Crippen molar-refractivity contribution in [2.24, 2.45) is 5.92 Å². The second-order valence-electron chi connectivity index (χ2n) is 5.55. The largest absolute Gasteiger partial charge is 0.335 e. The van der Waals surface area contributed by atoms with Gasteiger partial charge in [-0.2, -0.15) is 0 Å². The smallest absolute Gasteiger partial charge is 0.227 e. The lowest BCUT2D eigenvalue weighted by Crippen LogP contribution is -2.46. The highest BCUT2D eigenvalue weighted by Crippen LogP contribution is 2.36. The van der Waals surface area contributed by atoms with Gasteiger partial charge in [0.1, 0.15) is 0 Å². The number of nitrogens with zero attached hydrogens (tertiary/aromatic N) is 1. The van der Waals surface area contributed by atoms with Gasteiger partial charge < -0.3 is 10.2 Å². The number of carbonyl (C=O) groups excluding carboxylic acids is 1. The van der Waals surface area contributed by atoms with Crippen molar-refractivity contribution in [3.8, 4) is 0 Å². The van der Waals surface area contributed by atoms with Gasteiger partial charge in [-0.25, -0.2) is 0 Å². The summed E-state index contributed by atoms with van der Waals surface area (Å²) < 4.78 is 0. The Balaban J connectivity index is 1.78. The molecule has 19 heavy (non-hydrogen) atoms. The molecule has 0 aromatic carbocycles. The zero-order valence-corrected chi connectivity index (χ0v) is 12.3. The molecular formula is C15H22N2OS. The molecule has 1 saturated heterocycles. The van der Waals surface area contributed by atoms with E-state index in [1.165, 1.54) is 10.4 Å². The van der Waals surface area contributed by atoms with Crippen LogP contribution in [0.5, 0.6) is 0 Å². The first-order valence-corrected chi connectivity index (χ1v) is 8.26. The van der Waals surface area contributed by atoms with Crippen LogP contribution in [0.1, 0.15) is 42.7 Å². The van der Waals surface area contributed by atoms with Gasteiger partial charge in [0.05, 0.1) is 12.0 Å². The Bertz CT molecular complexity index is 451. The summed E-state index contributed by atoms with van der Waals surface area (Å²) in [6.07, 6.45) is 4.24. The molecule has 1 N–H and O–H groups in total. The Kier molecular flexibility index (Phi) is 3.89. The second-order valence-corrected chi connectivity index (χ2v) is 6.55. The molecule has 0 bridgehead atoms. The second kappa shape index (κ2) is 5.63. The number of amides is 1. The van der Waals surface area contributed by atoms with Crippen molar-refractivity contribution >= 4 is 17.2 Å². The number of piperidine rings is 1. The van der Waals surface area contributed by atoms with E-state index in [2.05, 4.69) is 28.6 Å². The summed E-state index contributed by atoms with van der Waals surface area (Å²) in [5, 5.41) is 5.53. The molecular weight excluding hydrogens is 256 g/mol. The van der Waals surface area contributed by atoms with E-state index in [4.69, 9.17) is 0 Å². The van der Waals surface area contributed by atoms with Crippen LogP contribution >= 0.6 is 11.3 Å². The fourth-order valence-corrected chi connectivity index (χ4v) is 4.33. The van der Waals surface area contributed by atoms with Gasteiger partial charge in [0.2, 0.25) is 5.91 Å². The summed E-state index contributed by atoms with van der Waals surface area (Å²) in [6.45, 7) is 5.02. The van der Waals surface area contributed by atoms with Crippen molar-refractivity contribution in [1.29, 1.82) is 0 Å². The zero-order valence-electron chi connectivity index (χ0n) is 11.5. The minimum absolute atomic E-state index is 0.197. The maximum atomic E-state index is 12.7. The Hall–Kier alpha value is -0.870. The average molecular weight is 278 g/mol. The van der Waals surface area contributed by atoms with Crippen LogP contribution in [0.4, 0.5) is 0 Å². The Morgan fingerprint density at radius 3 is 3.21 bits per heavy atom. The van der Waals surface area contributed by atoms with Gasteiger partial charge in [0.25, 0.3) is 0 Å². The van der Waals surface area contributed by atoms with Gasteiger partial charge in [-0.1, -0.05) is 6.92 Å². The molecule has 1 amide bonds. The lowest BCUT2D eigenvalue weighted by atomic mass is 9.93. The molecule has 104 valence electrons. The summed E-state index contributed by atoms with van der Waals surface area (Å²) in [5.74, 6) is 0.568. The number of carbonyl (C=O) groups is 1. The van der Waals surface area contributed by atoms with E-state index in [-0.39, 0.29) is 5.92 Å².